The van der Waals surface area contributed by atoms with Crippen LogP contribution in [0.25, 0.3) is 11.3 Å². The van der Waals surface area contributed by atoms with Crippen molar-refractivity contribution < 1.29 is 4.74 Å². The number of nitrogen functional groups attached to an aromatic ring is 1. The van der Waals surface area contributed by atoms with E-state index in [1.807, 2.05) is 31.3 Å². The molecule has 3 aromatic heterocycles. The number of hydrogen-bond donors (Lipinski definition) is 4. The highest BCUT2D eigenvalue weighted by Crippen LogP contribution is 2.31. The fourth-order valence-electron chi connectivity index (χ4n) is 3.23. The molecule has 1 aliphatic rings. The van der Waals surface area contributed by atoms with Crippen molar-refractivity contribution in [2.24, 2.45) is 0 Å². The largest absolute Gasteiger partial charge is 0.492 e. The van der Waals surface area contributed by atoms with Crippen LogP contribution < -0.4 is 26.4 Å². The Bertz CT molecular complexity index is 1180. The fourth-order valence-corrected chi connectivity index (χ4v) is 3.23. The zero-order valence-electron chi connectivity index (χ0n) is 17.1. The van der Waals surface area contributed by atoms with E-state index in [2.05, 4.69) is 36.1 Å². The van der Waals surface area contributed by atoms with Crippen molar-refractivity contribution in [1.29, 1.82) is 0 Å². The van der Waals surface area contributed by atoms with Gasteiger partial charge in [0.2, 0.25) is 0 Å². The van der Waals surface area contributed by atoms with Gasteiger partial charge in [0, 0.05) is 36.5 Å². The van der Waals surface area contributed by atoms with Crippen LogP contribution in [0.2, 0.25) is 0 Å². The van der Waals surface area contributed by atoms with Crippen LogP contribution in [0.15, 0.2) is 43.1 Å². The van der Waals surface area contributed by atoms with Crippen molar-refractivity contribution in [3.8, 4) is 11.4 Å². The number of imidazole rings is 1. The zero-order valence-corrected chi connectivity index (χ0v) is 17.1. The third-order valence-electron chi connectivity index (χ3n) is 4.90. The van der Waals surface area contributed by atoms with E-state index >= 15 is 0 Å². The summed E-state index contributed by atoms with van der Waals surface area (Å²) in [5.41, 5.74) is 9.30. The first-order valence-electron chi connectivity index (χ1n) is 10.1. The highest BCUT2D eigenvalue weighted by Gasteiger charge is 2.23. The molecule has 0 radical (unpaired) electrons. The number of benzene rings is 1. The van der Waals surface area contributed by atoms with Crippen LogP contribution in [0.1, 0.15) is 12.8 Å². The van der Waals surface area contributed by atoms with Crippen molar-refractivity contribution in [1.82, 2.24) is 34.7 Å². The van der Waals surface area contributed by atoms with Crippen molar-refractivity contribution >= 4 is 28.7 Å². The molecule has 5 rings (SSSR count). The molecule has 0 atom stereocenters. The van der Waals surface area contributed by atoms with Gasteiger partial charge in [-0.15, -0.1) is 5.10 Å². The van der Waals surface area contributed by atoms with Crippen LogP contribution in [0.3, 0.4) is 0 Å². The van der Waals surface area contributed by atoms with Crippen molar-refractivity contribution in [3.63, 3.8) is 0 Å². The van der Waals surface area contributed by atoms with Crippen molar-refractivity contribution in [3.05, 3.63) is 43.1 Å². The quantitative estimate of drug-likeness (QED) is 0.299. The lowest BCUT2D eigenvalue weighted by molar-refractivity contribution is 0.318. The van der Waals surface area contributed by atoms with Crippen molar-refractivity contribution in [2.75, 3.05) is 36.6 Å². The van der Waals surface area contributed by atoms with Gasteiger partial charge in [-0.3, -0.25) is 0 Å². The first-order chi connectivity index (χ1) is 15.2. The highest BCUT2D eigenvalue weighted by molar-refractivity contribution is 5.75. The van der Waals surface area contributed by atoms with Gasteiger partial charge in [-0.25, -0.2) is 14.6 Å². The van der Waals surface area contributed by atoms with Crippen LogP contribution in [0.4, 0.5) is 23.0 Å². The third kappa shape index (κ3) is 4.21. The summed E-state index contributed by atoms with van der Waals surface area (Å²) in [6, 6.07) is 8.22. The topological polar surface area (TPSA) is 132 Å². The molecule has 0 saturated heterocycles. The fraction of sp³-hybridized carbons (Fsp3) is 0.300. The molecule has 1 saturated carbocycles. The number of likely N-dealkylation sites (N-methyl/N-ethyl adjacent to an activating group) is 1. The third-order valence-corrected chi connectivity index (χ3v) is 4.90. The van der Waals surface area contributed by atoms with Gasteiger partial charge >= 0.3 is 0 Å². The first kappa shape index (κ1) is 19.1. The zero-order chi connectivity index (χ0) is 21.2. The van der Waals surface area contributed by atoms with E-state index < -0.39 is 0 Å². The summed E-state index contributed by atoms with van der Waals surface area (Å²) in [5, 5.41) is 18.8. The van der Waals surface area contributed by atoms with E-state index in [9.17, 15) is 0 Å². The molecule has 1 aliphatic carbocycles. The summed E-state index contributed by atoms with van der Waals surface area (Å²) in [7, 11) is 1.89. The summed E-state index contributed by atoms with van der Waals surface area (Å²) in [6.07, 6.45) is 7.06. The van der Waals surface area contributed by atoms with E-state index in [1.165, 1.54) is 6.33 Å². The molecular weight excluding hydrogens is 396 g/mol. The molecule has 4 aromatic rings. The van der Waals surface area contributed by atoms with Gasteiger partial charge in [0.25, 0.3) is 0 Å². The minimum atomic E-state index is 0.472. The number of anilines is 4. The summed E-state index contributed by atoms with van der Waals surface area (Å²) in [5.74, 6) is 1.83. The predicted octanol–water partition coefficient (Wildman–Crippen LogP) is 1.81. The minimum Gasteiger partial charge on any atom is -0.492 e. The van der Waals surface area contributed by atoms with Crippen LogP contribution >= 0.6 is 0 Å². The van der Waals surface area contributed by atoms with Gasteiger partial charge in [-0.1, -0.05) is 0 Å². The predicted molar refractivity (Wildman–Crippen MR) is 118 cm³/mol. The summed E-state index contributed by atoms with van der Waals surface area (Å²) in [6.45, 7) is 1.28. The van der Waals surface area contributed by atoms with E-state index in [4.69, 9.17) is 10.5 Å². The lowest BCUT2D eigenvalue weighted by atomic mass is 10.2. The molecule has 0 amide bonds. The maximum atomic E-state index is 6.07. The molecule has 31 heavy (non-hydrogen) atoms. The molecule has 5 N–H and O–H groups in total. The Morgan fingerprint density at radius 3 is 2.90 bits per heavy atom. The summed E-state index contributed by atoms with van der Waals surface area (Å²) < 4.78 is 9.21. The minimum absolute atomic E-state index is 0.472. The Morgan fingerprint density at radius 2 is 2.13 bits per heavy atom. The van der Waals surface area contributed by atoms with Gasteiger partial charge in [0.05, 0.1) is 17.6 Å². The van der Waals surface area contributed by atoms with Gasteiger partial charge in [0.1, 0.15) is 30.8 Å². The number of fused-ring (bicyclic) bond motifs is 1. The highest BCUT2D eigenvalue weighted by atomic mass is 16.5. The number of aromatic nitrogens is 6. The molecule has 0 aliphatic heterocycles. The molecule has 0 spiro atoms. The van der Waals surface area contributed by atoms with Crippen LogP contribution in [0, 0.1) is 0 Å². The molecular formula is C20H24N10O. The summed E-state index contributed by atoms with van der Waals surface area (Å²) in [4.78, 5) is 8.43. The number of ether oxygens (including phenoxy) is 1. The average Bonchev–Trinajstić information content (AvgIpc) is 3.25. The molecule has 11 nitrogen and oxygen atoms in total. The van der Waals surface area contributed by atoms with E-state index in [-0.39, 0.29) is 0 Å². The second-order valence-corrected chi connectivity index (χ2v) is 7.41. The smallest absolute Gasteiger partial charge is 0.179 e. The lowest BCUT2D eigenvalue weighted by Gasteiger charge is -2.14. The van der Waals surface area contributed by atoms with Gasteiger partial charge < -0.3 is 26.4 Å². The van der Waals surface area contributed by atoms with Gasteiger partial charge in [-0.05, 0) is 26.0 Å². The van der Waals surface area contributed by atoms with Crippen LogP contribution in [-0.2, 0) is 0 Å². The number of nitrogens with zero attached hydrogens (tertiary/aromatic N) is 6. The first-order valence-corrected chi connectivity index (χ1v) is 10.1. The normalized spacial score (nSPS) is 13.5. The molecule has 1 aromatic carbocycles. The average molecular weight is 420 g/mol. The number of nitrogens with two attached hydrogens (primary N) is 1. The van der Waals surface area contributed by atoms with Crippen molar-refractivity contribution in [2.45, 2.75) is 18.9 Å². The van der Waals surface area contributed by atoms with Gasteiger partial charge in [0.15, 0.2) is 11.5 Å². The SMILES string of the molecule is CNCCOc1cc(Nc2cc(NC3CC3)c3ncc(N)n3n2)cc(-n2cncn2)c1. The van der Waals surface area contributed by atoms with E-state index in [0.717, 1.165) is 36.4 Å². The lowest BCUT2D eigenvalue weighted by Crippen LogP contribution is -2.16. The second-order valence-electron chi connectivity index (χ2n) is 7.41. The van der Waals surface area contributed by atoms with E-state index in [1.54, 1.807) is 21.7 Å². The number of hydrogen-bond acceptors (Lipinski definition) is 9. The Labute approximate surface area is 178 Å². The Hall–Kier alpha value is -3.86. The monoisotopic (exact) mass is 420 g/mol. The molecule has 0 unspecified atom stereocenters. The van der Waals surface area contributed by atoms with Crippen LogP contribution in [0.5, 0.6) is 5.75 Å². The van der Waals surface area contributed by atoms with Gasteiger partial charge in [-0.2, -0.15) is 9.61 Å². The van der Waals surface area contributed by atoms with Crippen LogP contribution in [-0.4, -0.2) is 55.6 Å². The maximum Gasteiger partial charge on any atom is 0.179 e. The standard InChI is InChI=1S/C20H24N10O/c1-22-4-5-31-16-7-14(6-15(8-16)29-12-23-11-25-29)27-19-9-17(26-13-2-3-13)20-24-10-18(21)30(20)28-19/h6-13,22,26H,2-5,21H2,1H3,(H,27,28). The Morgan fingerprint density at radius 1 is 1.23 bits per heavy atom. The molecule has 3 heterocycles. The Kier molecular flexibility index (Phi) is 5.00. The number of rotatable bonds is 9. The maximum absolute atomic E-state index is 6.07. The molecule has 0 bridgehead atoms. The molecule has 1 fully saturated rings. The number of nitrogens with one attached hydrogen (secondary N) is 3. The molecule has 160 valence electrons. The molecule has 11 heteroatoms. The van der Waals surface area contributed by atoms with E-state index in [0.29, 0.717) is 35.7 Å². The second kappa shape index (κ2) is 8.11. The Balaban J connectivity index is 1.49. The summed E-state index contributed by atoms with van der Waals surface area (Å²) >= 11 is 0.